The second-order valence-corrected chi connectivity index (χ2v) is 34.2. The van der Waals surface area contributed by atoms with Crippen molar-refractivity contribution in [1.82, 2.24) is 68.8 Å². The van der Waals surface area contributed by atoms with Crippen LogP contribution >= 0.6 is 56.7 Å². The molecule has 566 valence electrons. The van der Waals surface area contributed by atoms with E-state index < -0.39 is 0 Å². The van der Waals surface area contributed by atoms with Gasteiger partial charge in [0.25, 0.3) is 0 Å². The highest BCUT2D eigenvalue weighted by molar-refractivity contribution is 7.20. The van der Waals surface area contributed by atoms with Gasteiger partial charge in [-0.1, -0.05) is 181 Å². The topological polar surface area (TPSA) is 188 Å². The molecule has 0 saturated heterocycles. The van der Waals surface area contributed by atoms with Crippen LogP contribution in [-0.4, -0.2) is 80.3 Å². The first-order chi connectivity index (χ1) is 51.9. The normalized spacial score (nSPS) is 11.9. The number of aliphatic imine (C=N–C) groups is 2. The minimum atomic E-state index is 0. The van der Waals surface area contributed by atoms with Crippen molar-refractivity contribution >= 4 is 142 Å². The van der Waals surface area contributed by atoms with Gasteiger partial charge in [0.05, 0.1) is 112 Å². The first-order valence-corrected chi connectivity index (χ1v) is 41.3. The number of imidazole rings is 2. The fourth-order valence-corrected chi connectivity index (χ4v) is 15.4. The summed E-state index contributed by atoms with van der Waals surface area (Å²) in [6, 6.07) is 44.9. The molecule has 16 nitrogen and oxygen atoms in total. The second-order valence-electron chi connectivity index (χ2n) is 28.9. The summed E-state index contributed by atoms with van der Waals surface area (Å²) in [7, 11) is 0. The number of para-hydroxylation sites is 3. The van der Waals surface area contributed by atoms with E-state index in [1.165, 1.54) is 76.8 Å². The maximum absolute atomic E-state index is 4.57. The van der Waals surface area contributed by atoms with Crippen molar-refractivity contribution in [3.63, 3.8) is 0 Å². The summed E-state index contributed by atoms with van der Waals surface area (Å²) in [5, 5.41) is 10.2. The van der Waals surface area contributed by atoms with Crippen LogP contribution in [0.4, 0.5) is 11.4 Å². The van der Waals surface area contributed by atoms with Gasteiger partial charge in [-0.05, 0) is 120 Å². The molecule has 0 radical (unpaired) electrons. The van der Waals surface area contributed by atoms with Gasteiger partial charge in [0.15, 0.2) is 11.3 Å². The molecule has 109 heavy (non-hydrogen) atoms. The lowest BCUT2D eigenvalue weighted by molar-refractivity contribution is 0.829. The van der Waals surface area contributed by atoms with Gasteiger partial charge in [0.1, 0.15) is 5.65 Å². The Balaban J connectivity index is 0.000000141. The Kier molecular flexibility index (Phi) is 30.7. The van der Waals surface area contributed by atoms with Crippen LogP contribution in [0.2, 0.25) is 0 Å². The van der Waals surface area contributed by atoms with E-state index in [4.69, 9.17) is 0 Å². The van der Waals surface area contributed by atoms with Crippen molar-refractivity contribution in [2.45, 2.75) is 186 Å². The number of fused-ring (bicyclic) bond motifs is 9. The Morgan fingerprint density at radius 3 is 1.29 bits per heavy atom. The molecule has 0 fully saturated rings. The molecule has 21 heteroatoms. The summed E-state index contributed by atoms with van der Waals surface area (Å²) in [6.07, 6.45) is 22.6. The van der Waals surface area contributed by atoms with Crippen molar-refractivity contribution in [2.24, 2.45) is 21.8 Å². The van der Waals surface area contributed by atoms with Gasteiger partial charge in [-0.15, -0.1) is 56.7 Å². The first kappa shape index (κ1) is 83.4. The monoisotopic (exact) mass is 1540 g/mol. The molecule has 0 bridgehead atoms. The Morgan fingerprint density at radius 2 is 0.761 bits per heavy atom. The molecule has 0 atom stereocenters. The first-order valence-electron chi connectivity index (χ1n) is 37.2. The molecule has 0 N–H and O–H groups in total. The van der Waals surface area contributed by atoms with Crippen molar-refractivity contribution in [3.05, 3.63) is 249 Å². The van der Waals surface area contributed by atoms with Gasteiger partial charge in [0.2, 0.25) is 0 Å². The summed E-state index contributed by atoms with van der Waals surface area (Å²) in [5.74, 6) is 4.73. The van der Waals surface area contributed by atoms with Gasteiger partial charge in [-0.2, -0.15) is 5.10 Å². The van der Waals surface area contributed by atoms with Gasteiger partial charge >= 0.3 is 0 Å². The Bertz CT molecular complexity index is 4480. The average Bonchev–Trinajstić information content (AvgIpc) is 1.79. The summed E-state index contributed by atoms with van der Waals surface area (Å²) < 4.78 is 10.0. The lowest BCUT2D eigenvalue weighted by Crippen LogP contribution is -2.06. The van der Waals surface area contributed by atoms with Crippen LogP contribution in [0.15, 0.2) is 212 Å². The third-order valence-corrected chi connectivity index (χ3v) is 23.6. The molecule has 16 aromatic rings. The molecule has 18 rings (SSSR count). The molecular formula is C88H104N16S5. The number of rotatable bonds is 9. The summed E-state index contributed by atoms with van der Waals surface area (Å²) in [6.45, 7) is 39.0. The lowest BCUT2D eigenvalue weighted by Gasteiger charge is -2.01. The van der Waals surface area contributed by atoms with Gasteiger partial charge in [-0.3, -0.25) is 24.9 Å². The molecule has 3 aromatic carbocycles. The second kappa shape index (κ2) is 40.2. The standard InChI is InChI=1S/C11H13N.2C10H12N2.2C10H11NS.C9H11N3.3C9H10N2S.CH4/c1-8(2)11-7-9-5-3-4-6-10(9)12-11;1-7(2)9-5-8-3-4-11-6-10(8)12-9;1-8(2)9-7-12-6-4-3-5-10(12)11-9;2*1-7(2)10-11-8-5-3-4-6-9(8)12-10;1-7(2)8-6-12-9(11-8)4-3-5-10-12;1-6(2)9-11-7-5-10-4-3-8(7)12-9;1-6(2)9-11-7-3-4-10-5-8(7)12-9;1-6(2)9-11-8-7(12-9)4-3-5-10-8;/h3-6,8H,7H2,1-2H3;3-4,6-7H,5H2,1-2H3;3-8H,1-2H3;3*3-7H,1-2H3;3*3-6H,1-2H3;1H4. The highest BCUT2D eigenvalue weighted by Crippen LogP contribution is 2.33. The van der Waals surface area contributed by atoms with Gasteiger partial charge in [-0.25, -0.2) is 44.4 Å². The van der Waals surface area contributed by atoms with Crippen LogP contribution < -0.4 is 0 Å². The zero-order chi connectivity index (χ0) is 77.0. The zero-order valence-corrected chi connectivity index (χ0v) is 69.4. The summed E-state index contributed by atoms with van der Waals surface area (Å²) >= 11 is 8.81. The minimum Gasteiger partial charge on any atom is -0.307 e. The van der Waals surface area contributed by atoms with E-state index in [2.05, 4.69) is 266 Å². The van der Waals surface area contributed by atoms with E-state index in [0.717, 1.165) is 68.9 Å². The highest BCUT2D eigenvalue weighted by Gasteiger charge is 2.18. The van der Waals surface area contributed by atoms with Crippen LogP contribution in [0.1, 0.15) is 221 Å². The predicted molar refractivity (Wildman–Crippen MR) is 467 cm³/mol. The number of hydrogen-bond acceptors (Lipinski definition) is 19. The predicted octanol–water partition coefficient (Wildman–Crippen LogP) is 25.6. The molecule has 15 heterocycles. The average molecular weight is 1550 g/mol. The van der Waals surface area contributed by atoms with E-state index in [0.29, 0.717) is 53.3 Å². The molecule has 2 aliphatic rings. The Labute approximate surface area is 663 Å². The summed E-state index contributed by atoms with van der Waals surface area (Å²) in [5.41, 5.74) is 16.9. The highest BCUT2D eigenvalue weighted by atomic mass is 32.1. The van der Waals surface area contributed by atoms with E-state index in [1.807, 2.05) is 116 Å². The lowest BCUT2D eigenvalue weighted by atomic mass is 10.0. The van der Waals surface area contributed by atoms with Crippen LogP contribution in [0.3, 0.4) is 0 Å². The van der Waals surface area contributed by atoms with Crippen LogP contribution in [0.25, 0.3) is 62.5 Å². The number of pyridine rings is 5. The molecule has 0 aliphatic carbocycles. The van der Waals surface area contributed by atoms with Crippen LogP contribution in [0, 0.1) is 11.8 Å². The number of hydrogen-bond donors (Lipinski definition) is 0. The SMILES string of the molecule is C.CC(C)C1=Nc2ccccc2C1.CC(C)C1=Nc2cnccc2C1.CC(C)c1cn2ccccc2n1.CC(C)c1cn2ncccc2n1.CC(C)c1nc2ccccc2s1.CC(C)c1nc2ccccc2s1.CC(C)c1nc2ccncc2s1.CC(C)c1nc2cnccc2s1.CC(C)c1nc2ncccc2s1. The molecule has 0 spiro atoms. The Morgan fingerprint density at radius 1 is 0.321 bits per heavy atom. The number of benzene rings is 3. The molecule has 0 amide bonds. The molecular weight excluding hydrogens is 1440 g/mol. The third kappa shape index (κ3) is 23.4. The van der Waals surface area contributed by atoms with Crippen molar-refractivity contribution in [1.29, 1.82) is 0 Å². The fraction of sp³-hybridized carbons (Fsp3) is 0.341. The zero-order valence-electron chi connectivity index (χ0n) is 65.4. The Hall–Kier alpha value is -9.64. The van der Waals surface area contributed by atoms with Gasteiger partial charge < -0.3 is 4.40 Å². The fourth-order valence-electron chi connectivity index (χ4n) is 10.6. The van der Waals surface area contributed by atoms with E-state index in [1.54, 1.807) is 79.8 Å². The number of aromatic nitrogens is 14. The largest absolute Gasteiger partial charge is 0.307 e. The van der Waals surface area contributed by atoms with E-state index in [-0.39, 0.29) is 7.43 Å². The maximum Gasteiger partial charge on any atom is 0.170 e. The molecule has 0 unspecified atom stereocenters. The number of nitrogens with zero attached hydrogens (tertiary/aromatic N) is 16. The van der Waals surface area contributed by atoms with Crippen molar-refractivity contribution < 1.29 is 0 Å². The van der Waals surface area contributed by atoms with Crippen LogP contribution in [-0.2, 0) is 12.8 Å². The summed E-state index contributed by atoms with van der Waals surface area (Å²) in [4.78, 5) is 56.7. The van der Waals surface area contributed by atoms with E-state index in [9.17, 15) is 0 Å². The van der Waals surface area contributed by atoms with Crippen molar-refractivity contribution in [2.75, 3.05) is 0 Å². The molecule has 0 saturated carbocycles. The number of thiazole rings is 5. The molecule has 13 aromatic heterocycles. The van der Waals surface area contributed by atoms with E-state index >= 15 is 0 Å². The minimum absolute atomic E-state index is 0. The van der Waals surface area contributed by atoms with Gasteiger partial charge in [0, 0.05) is 103 Å². The van der Waals surface area contributed by atoms with Crippen LogP contribution in [0.5, 0.6) is 0 Å². The quantitative estimate of drug-likeness (QED) is 0.133. The molecule has 2 aliphatic heterocycles. The maximum atomic E-state index is 4.57. The smallest absolute Gasteiger partial charge is 0.170 e. The van der Waals surface area contributed by atoms with Crippen molar-refractivity contribution in [3.8, 4) is 0 Å². The third-order valence-electron chi connectivity index (χ3n) is 17.0.